The Kier molecular flexibility index (Phi) is 2.22. The van der Waals surface area contributed by atoms with Crippen molar-refractivity contribution in [2.45, 2.75) is 6.92 Å². The first-order valence-corrected chi connectivity index (χ1v) is 5.88. The lowest BCUT2D eigenvalue weighted by atomic mass is 10.0. The van der Waals surface area contributed by atoms with Gasteiger partial charge in [-0.15, -0.1) is 0 Å². The summed E-state index contributed by atoms with van der Waals surface area (Å²) in [6, 6.07) is 13.0. The highest BCUT2D eigenvalue weighted by Gasteiger charge is 2.22. The zero-order chi connectivity index (χ0) is 11.8. The molecule has 2 aromatic rings. The molecular weight excluding hydrogens is 204 g/mol. The van der Waals surface area contributed by atoms with Gasteiger partial charge in [-0.3, -0.25) is 0 Å². The molecule has 0 heteroatoms. The van der Waals surface area contributed by atoms with Crippen molar-refractivity contribution in [1.29, 1.82) is 0 Å². The predicted octanol–water partition coefficient (Wildman–Crippen LogP) is 4.83. The maximum atomic E-state index is 3.82. The average Bonchev–Trinajstić information content (AvgIpc) is 2.67. The maximum Gasteiger partial charge on any atom is -0.00265 e. The Morgan fingerprint density at radius 2 is 1.59 bits per heavy atom. The largest absolute Gasteiger partial charge is 0.0990 e. The molecule has 0 N–H and O–H groups in total. The first-order chi connectivity index (χ1) is 8.36. The normalized spacial score (nSPS) is 18.2. The van der Waals surface area contributed by atoms with Crippen molar-refractivity contribution in [1.82, 2.24) is 0 Å². The van der Waals surface area contributed by atoms with E-state index in [1.165, 1.54) is 33.0 Å². The molecule has 1 aliphatic carbocycles. The van der Waals surface area contributed by atoms with Gasteiger partial charge in [0.25, 0.3) is 0 Å². The van der Waals surface area contributed by atoms with Gasteiger partial charge in [0.2, 0.25) is 0 Å². The van der Waals surface area contributed by atoms with Crippen molar-refractivity contribution in [2.24, 2.45) is 0 Å². The van der Waals surface area contributed by atoms with Gasteiger partial charge >= 0.3 is 0 Å². The van der Waals surface area contributed by atoms with Crippen molar-refractivity contribution in [3.8, 4) is 0 Å². The number of benzene rings is 2. The van der Waals surface area contributed by atoms with Crippen molar-refractivity contribution >= 4 is 21.9 Å². The maximum absolute atomic E-state index is 3.82. The second-order valence-corrected chi connectivity index (χ2v) is 4.23. The molecule has 17 heavy (non-hydrogen) atoms. The Hall–Kier alpha value is -2.08. The first kappa shape index (κ1) is 10.1. The molecule has 0 fully saturated rings. The summed E-state index contributed by atoms with van der Waals surface area (Å²) in [6.07, 6.45) is 6.15. The molecule has 2 aromatic carbocycles. The van der Waals surface area contributed by atoms with Crippen LogP contribution in [0.2, 0.25) is 0 Å². The number of allylic oxidation sites excluding steroid dienone is 5. The molecular formula is C17H14. The summed E-state index contributed by atoms with van der Waals surface area (Å²) >= 11 is 0. The van der Waals surface area contributed by atoms with E-state index in [0.717, 1.165) is 0 Å². The van der Waals surface area contributed by atoms with Crippen LogP contribution in [0.3, 0.4) is 0 Å². The topological polar surface area (TPSA) is 0 Å². The van der Waals surface area contributed by atoms with E-state index in [1.54, 1.807) is 0 Å². The molecule has 0 heterocycles. The Morgan fingerprint density at radius 1 is 0.941 bits per heavy atom. The summed E-state index contributed by atoms with van der Waals surface area (Å²) in [5.74, 6) is 0. The van der Waals surface area contributed by atoms with Crippen LogP contribution < -0.4 is 0 Å². The second kappa shape index (κ2) is 3.74. The summed E-state index contributed by atoms with van der Waals surface area (Å²) in [5, 5.41) is 2.68. The van der Waals surface area contributed by atoms with Crippen molar-refractivity contribution in [2.75, 3.05) is 0 Å². The first-order valence-electron chi connectivity index (χ1n) is 5.88. The Morgan fingerprint density at radius 3 is 2.18 bits per heavy atom. The van der Waals surface area contributed by atoms with E-state index >= 15 is 0 Å². The monoisotopic (exact) mass is 218 g/mol. The molecule has 0 amide bonds. The zero-order valence-electron chi connectivity index (χ0n) is 9.90. The van der Waals surface area contributed by atoms with Gasteiger partial charge in [0.1, 0.15) is 0 Å². The quantitative estimate of drug-likeness (QED) is 0.643. The van der Waals surface area contributed by atoms with Crippen molar-refractivity contribution < 1.29 is 0 Å². The van der Waals surface area contributed by atoms with Crippen LogP contribution in [-0.2, 0) is 0 Å². The van der Waals surface area contributed by atoms with Gasteiger partial charge in [0.05, 0.1) is 0 Å². The molecule has 3 rings (SSSR count). The van der Waals surface area contributed by atoms with E-state index in [-0.39, 0.29) is 0 Å². The average molecular weight is 218 g/mol. The fourth-order valence-electron chi connectivity index (χ4n) is 2.69. The van der Waals surface area contributed by atoms with Crippen LogP contribution >= 0.6 is 0 Å². The van der Waals surface area contributed by atoms with E-state index in [2.05, 4.69) is 62.1 Å². The molecule has 0 radical (unpaired) electrons. The van der Waals surface area contributed by atoms with Crippen LogP contribution in [0, 0.1) is 0 Å². The molecule has 0 atom stereocenters. The molecule has 0 bridgehead atoms. The summed E-state index contributed by atoms with van der Waals surface area (Å²) in [4.78, 5) is 0. The lowest BCUT2D eigenvalue weighted by Gasteiger charge is -2.01. The highest BCUT2D eigenvalue weighted by atomic mass is 14.2. The Bertz CT molecular complexity index is 664. The summed E-state index contributed by atoms with van der Waals surface area (Å²) in [6.45, 7) is 5.91. The minimum atomic E-state index is 1.29. The lowest BCUT2D eigenvalue weighted by Crippen LogP contribution is -1.78. The van der Waals surface area contributed by atoms with Crippen LogP contribution in [0.25, 0.3) is 21.9 Å². The summed E-state index contributed by atoms with van der Waals surface area (Å²) in [7, 11) is 0. The third-order valence-electron chi connectivity index (χ3n) is 3.35. The van der Waals surface area contributed by atoms with Gasteiger partial charge in [-0.05, 0) is 40.0 Å². The van der Waals surface area contributed by atoms with Gasteiger partial charge < -0.3 is 0 Å². The van der Waals surface area contributed by atoms with E-state index in [9.17, 15) is 0 Å². The molecule has 0 nitrogen and oxygen atoms in total. The molecule has 1 aliphatic rings. The van der Waals surface area contributed by atoms with Crippen LogP contribution in [0.5, 0.6) is 0 Å². The fourth-order valence-corrected chi connectivity index (χ4v) is 2.69. The second-order valence-electron chi connectivity index (χ2n) is 4.23. The van der Waals surface area contributed by atoms with E-state index in [4.69, 9.17) is 0 Å². The predicted molar refractivity (Wildman–Crippen MR) is 75.8 cm³/mol. The lowest BCUT2D eigenvalue weighted by molar-refractivity contribution is 1.70. The molecule has 0 unspecified atom stereocenters. The Balaban J connectivity index is 2.49. The van der Waals surface area contributed by atoms with Gasteiger partial charge in [0.15, 0.2) is 0 Å². The molecule has 0 spiro atoms. The minimum absolute atomic E-state index is 1.29. The fraction of sp³-hybridized carbons (Fsp3) is 0.0588. The van der Waals surface area contributed by atoms with Gasteiger partial charge in [-0.25, -0.2) is 0 Å². The third-order valence-corrected chi connectivity index (χ3v) is 3.35. The molecule has 0 aliphatic heterocycles. The van der Waals surface area contributed by atoms with E-state index in [1.807, 2.05) is 6.08 Å². The van der Waals surface area contributed by atoms with Crippen LogP contribution in [0.4, 0.5) is 0 Å². The minimum Gasteiger partial charge on any atom is -0.0990 e. The third kappa shape index (κ3) is 1.31. The molecule has 0 saturated carbocycles. The van der Waals surface area contributed by atoms with Gasteiger partial charge in [-0.2, -0.15) is 0 Å². The van der Waals surface area contributed by atoms with Gasteiger partial charge in [-0.1, -0.05) is 61.2 Å². The SMILES string of the molecule is C=CC=C1C(=CC)c2cccc3cccc1c23. The molecule has 0 aromatic heterocycles. The summed E-state index contributed by atoms with van der Waals surface area (Å²) < 4.78 is 0. The highest BCUT2D eigenvalue weighted by Crippen LogP contribution is 2.45. The number of hydrogen-bond donors (Lipinski definition) is 0. The van der Waals surface area contributed by atoms with Gasteiger partial charge in [0, 0.05) is 0 Å². The molecule has 82 valence electrons. The number of hydrogen-bond acceptors (Lipinski definition) is 0. The van der Waals surface area contributed by atoms with E-state index < -0.39 is 0 Å². The molecule has 0 saturated heterocycles. The van der Waals surface area contributed by atoms with Crippen LogP contribution in [0.1, 0.15) is 18.1 Å². The van der Waals surface area contributed by atoms with E-state index in [0.29, 0.717) is 0 Å². The highest BCUT2D eigenvalue weighted by molar-refractivity contribution is 6.22. The van der Waals surface area contributed by atoms with Crippen LogP contribution in [-0.4, -0.2) is 0 Å². The Labute approximate surface area is 102 Å². The standard InChI is InChI=1S/C17H14/c1-3-7-14-13(4-2)15-10-5-8-12-9-6-11-16(14)17(12)15/h3-11H,1H2,2H3. The number of rotatable bonds is 1. The zero-order valence-corrected chi connectivity index (χ0v) is 9.90. The van der Waals surface area contributed by atoms with Crippen LogP contribution in [0.15, 0.2) is 61.2 Å². The summed E-state index contributed by atoms with van der Waals surface area (Å²) in [5.41, 5.74) is 5.27. The smallest absolute Gasteiger partial charge is 0.00265 e. The van der Waals surface area contributed by atoms with Crippen molar-refractivity contribution in [3.63, 3.8) is 0 Å². The van der Waals surface area contributed by atoms with Crippen molar-refractivity contribution in [3.05, 3.63) is 72.3 Å².